The van der Waals surface area contributed by atoms with Gasteiger partial charge in [0.1, 0.15) is 5.84 Å². The number of allylic oxidation sites excluding steroid dienone is 1. The third kappa shape index (κ3) is 4.22. The van der Waals surface area contributed by atoms with E-state index < -0.39 is 5.54 Å². The topological polar surface area (TPSA) is 44.7 Å². The molecule has 3 rings (SSSR count). The number of aliphatic imine (C=N–C) groups is 1. The van der Waals surface area contributed by atoms with Crippen molar-refractivity contribution in [2.45, 2.75) is 26.3 Å². The zero-order chi connectivity index (χ0) is 19.6. The fourth-order valence-corrected chi connectivity index (χ4v) is 3.29. The molecule has 0 radical (unpaired) electrons. The van der Waals surface area contributed by atoms with Crippen molar-refractivity contribution >= 4 is 29.0 Å². The van der Waals surface area contributed by atoms with Crippen LogP contribution in [0.15, 0.2) is 60.1 Å². The van der Waals surface area contributed by atoms with E-state index in [9.17, 15) is 4.79 Å². The van der Waals surface area contributed by atoms with E-state index >= 15 is 0 Å². The quantitative estimate of drug-likeness (QED) is 0.788. The predicted octanol–water partition coefficient (Wildman–Crippen LogP) is 5.08. The molecule has 0 atom stereocenters. The molecular formula is C22H24ClN3O. The second-order valence-corrected chi connectivity index (χ2v) is 7.72. The minimum absolute atomic E-state index is 0.169. The van der Waals surface area contributed by atoms with Gasteiger partial charge in [-0.25, -0.2) is 4.79 Å². The first-order valence-corrected chi connectivity index (χ1v) is 9.32. The third-order valence-corrected chi connectivity index (χ3v) is 4.90. The Bertz CT molecular complexity index is 917. The Morgan fingerprint density at radius 3 is 2.67 bits per heavy atom. The van der Waals surface area contributed by atoms with Crippen molar-refractivity contribution < 1.29 is 4.79 Å². The molecule has 1 aliphatic rings. The van der Waals surface area contributed by atoms with Crippen LogP contribution in [0.3, 0.4) is 0 Å². The number of hydrogen-bond acceptors (Lipinski definition) is 2. The third-order valence-electron chi connectivity index (χ3n) is 4.67. The van der Waals surface area contributed by atoms with Crippen LogP contribution in [0.5, 0.6) is 0 Å². The van der Waals surface area contributed by atoms with Gasteiger partial charge in [0.2, 0.25) is 0 Å². The first-order valence-electron chi connectivity index (χ1n) is 8.94. The Labute approximate surface area is 165 Å². The van der Waals surface area contributed by atoms with Crippen molar-refractivity contribution in [3.05, 3.63) is 76.8 Å². The number of amides is 2. The van der Waals surface area contributed by atoms with E-state index in [0.717, 1.165) is 22.3 Å². The van der Waals surface area contributed by atoms with Gasteiger partial charge in [-0.05, 0) is 50.1 Å². The summed E-state index contributed by atoms with van der Waals surface area (Å²) in [6, 6.07) is 15.3. The number of urea groups is 1. The zero-order valence-corrected chi connectivity index (χ0v) is 16.7. The van der Waals surface area contributed by atoms with Crippen molar-refractivity contribution in [1.29, 1.82) is 0 Å². The van der Waals surface area contributed by atoms with Gasteiger partial charge < -0.3 is 5.32 Å². The minimum atomic E-state index is -0.537. The molecule has 0 aliphatic carbocycles. The first kappa shape index (κ1) is 19.2. The number of nitrogens with zero attached hydrogens (tertiary/aromatic N) is 2. The van der Waals surface area contributed by atoms with Crippen LogP contribution in [0.25, 0.3) is 5.57 Å². The molecule has 1 heterocycles. The number of nitrogens with one attached hydrogen (secondary N) is 1. The summed E-state index contributed by atoms with van der Waals surface area (Å²) < 4.78 is 0. The van der Waals surface area contributed by atoms with E-state index in [1.54, 1.807) is 4.90 Å². The Morgan fingerprint density at radius 1 is 1.22 bits per heavy atom. The van der Waals surface area contributed by atoms with E-state index in [2.05, 4.69) is 23.0 Å². The molecule has 2 aromatic carbocycles. The monoisotopic (exact) mass is 381 g/mol. The summed E-state index contributed by atoms with van der Waals surface area (Å²) in [6.07, 6.45) is 0. The van der Waals surface area contributed by atoms with Crippen molar-refractivity contribution in [3.8, 4) is 0 Å². The minimum Gasteiger partial charge on any atom is -0.329 e. The molecule has 4 nitrogen and oxygen atoms in total. The highest BCUT2D eigenvalue weighted by atomic mass is 35.5. The SMILES string of the molecule is C=C(C)c1cccc(C(C)(C)NC(=O)N2CCN=C2c2cccc(Cl)c2)c1. The van der Waals surface area contributed by atoms with E-state index in [1.807, 2.05) is 63.2 Å². The van der Waals surface area contributed by atoms with E-state index in [-0.39, 0.29) is 6.03 Å². The number of amidine groups is 1. The summed E-state index contributed by atoms with van der Waals surface area (Å²) in [4.78, 5) is 19.2. The summed E-state index contributed by atoms with van der Waals surface area (Å²) in [5.74, 6) is 0.654. The van der Waals surface area contributed by atoms with Crippen molar-refractivity contribution in [1.82, 2.24) is 10.2 Å². The van der Waals surface area contributed by atoms with Crippen molar-refractivity contribution in [3.63, 3.8) is 0 Å². The maximum Gasteiger partial charge on any atom is 0.323 e. The van der Waals surface area contributed by atoms with Gasteiger partial charge in [0.05, 0.1) is 12.1 Å². The van der Waals surface area contributed by atoms with Crippen LogP contribution < -0.4 is 5.32 Å². The van der Waals surface area contributed by atoms with Crippen LogP contribution in [0, 0.1) is 0 Å². The lowest BCUT2D eigenvalue weighted by molar-refractivity contribution is 0.212. The van der Waals surface area contributed by atoms with Crippen LogP contribution in [0.2, 0.25) is 5.02 Å². The molecule has 1 N–H and O–H groups in total. The Hall–Kier alpha value is -2.59. The second kappa shape index (κ2) is 7.57. The molecule has 0 spiro atoms. The molecule has 140 valence electrons. The molecule has 0 aromatic heterocycles. The molecule has 27 heavy (non-hydrogen) atoms. The molecule has 0 saturated carbocycles. The number of carbonyl (C=O) groups is 1. The zero-order valence-electron chi connectivity index (χ0n) is 15.9. The molecule has 0 fully saturated rings. The number of halogens is 1. The molecule has 5 heteroatoms. The van der Waals surface area contributed by atoms with Crippen LogP contribution in [0.1, 0.15) is 37.5 Å². The first-order chi connectivity index (χ1) is 12.8. The Balaban J connectivity index is 1.80. The molecule has 1 aliphatic heterocycles. The summed E-state index contributed by atoms with van der Waals surface area (Å²) in [5, 5.41) is 3.76. The summed E-state index contributed by atoms with van der Waals surface area (Å²) in [7, 11) is 0. The Morgan fingerprint density at radius 2 is 1.96 bits per heavy atom. The van der Waals surface area contributed by atoms with E-state index in [1.165, 1.54) is 0 Å². The van der Waals surface area contributed by atoms with Crippen LogP contribution >= 0.6 is 11.6 Å². The van der Waals surface area contributed by atoms with Crippen LogP contribution in [0.4, 0.5) is 4.79 Å². The van der Waals surface area contributed by atoms with Gasteiger partial charge in [-0.1, -0.05) is 54.1 Å². The molecule has 2 aromatic rings. The number of carbonyl (C=O) groups excluding carboxylic acids is 1. The normalized spacial score (nSPS) is 14.1. The summed E-state index contributed by atoms with van der Waals surface area (Å²) in [5.41, 5.74) is 3.39. The Kier molecular flexibility index (Phi) is 5.38. The van der Waals surface area contributed by atoms with Crippen LogP contribution in [-0.4, -0.2) is 29.9 Å². The number of benzene rings is 2. The lowest BCUT2D eigenvalue weighted by atomic mass is 9.92. The molecule has 0 unspecified atom stereocenters. The molecule has 0 bridgehead atoms. The smallest absolute Gasteiger partial charge is 0.323 e. The summed E-state index contributed by atoms with van der Waals surface area (Å²) in [6.45, 7) is 11.1. The van der Waals surface area contributed by atoms with Gasteiger partial charge >= 0.3 is 6.03 Å². The highest BCUT2D eigenvalue weighted by molar-refractivity contribution is 6.31. The van der Waals surface area contributed by atoms with Gasteiger partial charge in [0.15, 0.2) is 0 Å². The largest absolute Gasteiger partial charge is 0.329 e. The van der Waals surface area contributed by atoms with Gasteiger partial charge in [0.25, 0.3) is 0 Å². The van der Waals surface area contributed by atoms with Gasteiger partial charge in [-0.3, -0.25) is 9.89 Å². The fourth-order valence-electron chi connectivity index (χ4n) is 3.10. The van der Waals surface area contributed by atoms with Crippen molar-refractivity contribution in [2.24, 2.45) is 4.99 Å². The average Bonchev–Trinajstić information content (AvgIpc) is 3.11. The number of rotatable bonds is 4. The van der Waals surface area contributed by atoms with E-state index in [0.29, 0.717) is 23.9 Å². The summed E-state index contributed by atoms with van der Waals surface area (Å²) >= 11 is 6.10. The van der Waals surface area contributed by atoms with E-state index in [4.69, 9.17) is 11.6 Å². The maximum absolute atomic E-state index is 13.0. The standard InChI is InChI=1S/C22H24ClN3O/c1-15(2)16-7-5-9-18(13-16)22(3,4)25-21(27)26-12-11-24-20(26)17-8-6-10-19(23)14-17/h5-10,13-14H,1,11-12H2,2-4H3,(H,25,27). The average molecular weight is 382 g/mol. The highest BCUT2D eigenvalue weighted by Gasteiger charge is 2.30. The highest BCUT2D eigenvalue weighted by Crippen LogP contribution is 2.24. The van der Waals surface area contributed by atoms with Crippen LogP contribution in [-0.2, 0) is 5.54 Å². The van der Waals surface area contributed by atoms with Crippen molar-refractivity contribution in [2.75, 3.05) is 13.1 Å². The maximum atomic E-state index is 13.0. The van der Waals surface area contributed by atoms with Gasteiger partial charge in [-0.2, -0.15) is 0 Å². The van der Waals surface area contributed by atoms with Gasteiger partial charge in [0, 0.05) is 17.1 Å². The molecular weight excluding hydrogens is 358 g/mol. The molecule has 2 amide bonds. The number of hydrogen-bond donors (Lipinski definition) is 1. The molecule has 0 saturated heterocycles. The fraction of sp³-hybridized carbons (Fsp3) is 0.273. The lowest BCUT2D eigenvalue weighted by Gasteiger charge is -2.30. The lowest BCUT2D eigenvalue weighted by Crippen LogP contribution is -2.49. The van der Waals surface area contributed by atoms with Gasteiger partial charge in [-0.15, -0.1) is 0 Å². The predicted molar refractivity (Wildman–Crippen MR) is 112 cm³/mol. The second-order valence-electron chi connectivity index (χ2n) is 7.28.